The number of rotatable bonds is 3. The first kappa shape index (κ1) is 16.8. The first-order chi connectivity index (χ1) is 12.6. The van der Waals surface area contributed by atoms with Crippen LogP contribution in [0, 0.1) is 13.8 Å². The lowest BCUT2D eigenvalue weighted by atomic mass is 10.1. The largest absolute Gasteiger partial charge is 0.322 e. The molecule has 2 heterocycles. The van der Waals surface area contributed by atoms with Gasteiger partial charge in [-0.05, 0) is 43.9 Å². The van der Waals surface area contributed by atoms with Gasteiger partial charge in [-0.25, -0.2) is 9.97 Å². The van der Waals surface area contributed by atoms with Gasteiger partial charge in [0.1, 0.15) is 12.0 Å². The zero-order chi connectivity index (χ0) is 18.1. The Morgan fingerprint density at radius 1 is 1.23 bits per heavy atom. The minimum absolute atomic E-state index is 0.0101. The van der Waals surface area contributed by atoms with Crippen LogP contribution in [0.2, 0.25) is 0 Å². The summed E-state index contributed by atoms with van der Waals surface area (Å²) in [6, 6.07) is 6.99. The molecule has 136 valence electrons. The number of anilines is 3. The van der Waals surface area contributed by atoms with E-state index in [9.17, 15) is 4.79 Å². The van der Waals surface area contributed by atoms with Crippen molar-refractivity contribution in [2.45, 2.75) is 52.0 Å². The molecule has 1 fully saturated rings. The first-order valence-electron chi connectivity index (χ1n) is 9.37. The Bertz CT molecular complexity index is 816. The van der Waals surface area contributed by atoms with E-state index in [0.717, 1.165) is 18.7 Å². The molecule has 0 atom stereocenters. The Morgan fingerprint density at radius 3 is 2.85 bits per heavy atom. The van der Waals surface area contributed by atoms with Crippen LogP contribution in [0.3, 0.4) is 0 Å². The minimum Gasteiger partial charge on any atom is -0.322 e. The van der Waals surface area contributed by atoms with Crippen molar-refractivity contribution in [3.63, 3.8) is 0 Å². The van der Waals surface area contributed by atoms with Crippen molar-refractivity contribution in [2.75, 3.05) is 21.9 Å². The average Bonchev–Trinajstić information content (AvgIpc) is 3.10. The highest BCUT2D eigenvalue weighted by Gasteiger charge is 2.32. The first-order valence-corrected chi connectivity index (χ1v) is 9.37. The smallest absolute Gasteiger partial charge is 0.226 e. The van der Waals surface area contributed by atoms with Gasteiger partial charge in [0, 0.05) is 6.42 Å². The molecule has 1 aliphatic heterocycles. The van der Waals surface area contributed by atoms with Gasteiger partial charge in [-0.3, -0.25) is 14.8 Å². The van der Waals surface area contributed by atoms with Crippen LogP contribution < -0.4 is 15.3 Å². The summed E-state index contributed by atoms with van der Waals surface area (Å²) in [4.78, 5) is 20.8. The Hall–Kier alpha value is -2.63. The zero-order valence-electron chi connectivity index (χ0n) is 15.4. The van der Waals surface area contributed by atoms with E-state index in [2.05, 4.69) is 57.3 Å². The summed E-state index contributed by atoms with van der Waals surface area (Å²) in [5.41, 5.74) is 4.36. The van der Waals surface area contributed by atoms with Crippen molar-refractivity contribution < 1.29 is 4.79 Å². The number of benzene rings is 1. The summed E-state index contributed by atoms with van der Waals surface area (Å²) in [6.07, 6.45) is 8.48. The Balaban J connectivity index is 1.84. The van der Waals surface area contributed by atoms with Gasteiger partial charge in [0.15, 0.2) is 5.82 Å². The van der Waals surface area contributed by atoms with Crippen molar-refractivity contribution in [3.05, 3.63) is 41.9 Å². The number of hydrazine groups is 1. The van der Waals surface area contributed by atoms with E-state index in [1.807, 2.05) is 0 Å². The van der Waals surface area contributed by atoms with Crippen LogP contribution in [0.4, 0.5) is 17.2 Å². The maximum Gasteiger partial charge on any atom is 0.226 e. The van der Waals surface area contributed by atoms with Gasteiger partial charge >= 0.3 is 0 Å². The maximum atomic E-state index is 12.2. The van der Waals surface area contributed by atoms with E-state index < -0.39 is 0 Å². The molecule has 0 spiro atoms. The lowest BCUT2D eigenvalue weighted by Gasteiger charge is -2.42. The molecule has 0 saturated heterocycles. The standard InChI is InChI=1S/C20H25N5O/c1-14-7-8-15(2)18(11-14)25(16-5-3-4-6-16)24-10-9-19(26)23-17-12-21-13-22-20(17)24/h7-8,11-13,16H,3-6,9-10H2,1-2H3,(H,23,26). The number of hydrogen-bond donors (Lipinski definition) is 1. The van der Waals surface area contributed by atoms with E-state index in [1.54, 1.807) is 12.5 Å². The van der Waals surface area contributed by atoms with Crippen molar-refractivity contribution in [1.82, 2.24) is 9.97 Å². The molecule has 1 aliphatic carbocycles. The number of fused-ring (bicyclic) bond motifs is 1. The predicted octanol–water partition coefficient (Wildman–Crippen LogP) is 3.61. The summed E-state index contributed by atoms with van der Waals surface area (Å²) < 4.78 is 0. The van der Waals surface area contributed by atoms with Crippen molar-refractivity contribution in [3.8, 4) is 0 Å². The van der Waals surface area contributed by atoms with E-state index in [4.69, 9.17) is 0 Å². The fraction of sp³-hybridized carbons (Fsp3) is 0.450. The van der Waals surface area contributed by atoms with Crippen molar-refractivity contribution in [2.24, 2.45) is 0 Å². The van der Waals surface area contributed by atoms with Gasteiger partial charge in [-0.1, -0.05) is 25.0 Å². The highest BCUT2D eigenvalue weighted by atomic mass is 16.1. The zero-order valence-corrected chi connectivity index (χ0v) is 15.4. The van der Waals surface area contributed by atoms with Crippen molar-refractivity contribution >= 4 is 23.1 Å². The molecule has 6 nitrogen and oxygen atoms in total. The second-order valence-electron chi connectivity index (χ2n) is 7.25. The summed E-state index contributed by atoms with van der Waals surface area (Å²) in [7, 11) is 0. The number of aromatic nitrogens is 2. The van der Waals surface area contributed by atoms with Crippen LogP contribution in [0.5, 0.6) is 0 Å². The van der Waals surface area contributed by atoms with E-state index in [0.29, 0.717) is 24.7 Å². The summed E-state index contributed by atoms with van der Waals surface area (Å²) in [5.74, 6) is 0.787. The molecule has 1 aromatic carbocycles. The topological polar surface area (TPSA) is 61.4 Å². The Labute approximate surface area is 154 Å². The third-order valence-electron chi connectivity index (χ3n) is 5.30. The Kier molecular flexibility index (Phi) is 4.49. The second kappa shape index (κ2) is 6.94. The third kappa shape index (κ3) is 3.11. The number of carbonyl (C=O) groups is 1. The van der Waals surface area contributed by atoms with Crippen LogP contribution in [0.1, 0.15) is 43.2 Å². The molecular weight excluding hydrogens is 326 g/mol. The van der Waals surface area contributed by atoms with Gasteiger partial charge < -0.3 is 5.32 Å². The molecule has 6 heteroatoms. The number of nitrogens with one attached hydrogen (secondary N) is 1. The van der Waals surface area contributed by atoms with E-state index in [-0.39, 0.29) is 5.91 Å². The van der Waals surface area contributed by atoms with Gasteiger partial charge in [-0.2, -0.15) is 0 Å². The lowest BCUT2D eigenvalue weighted by molar-refractivity contribution is -0.115. The maximum absolute atomic E-state index is 12.2. The van der Waals surface area contributed by atoms with E-state index >= 15 is 0 Å². The molecule has 0 radical (unpaired) electrons. The molecule has 26 heavy (non-hydrogen) atoms. The van der Waals surface area contributed by atoms with Crippen LogP contribution in [-0.4, -0.2) is 28.5 Å². The van der Waals surface area contributed by atoms with Crippen LogP contribution in [-0.2, 0) is 4.79 Å². The second-order valence-corrected chi connectivity index (χ2v) is 7.25. The number of hydrogen-bond acceptors (Lipinski definition) is 5. The lowest BCUT2D eigenvalue weighted by Crippen LogP contribution is -2.50. The molecule has 2 aliphatic rings. The van der Waals surface area contributed by atoms with Gasteiger partial charge in [0.25, 0.3) is 0 Å². The summed E-state index contributed by atoms with van der Waals surface area (Å²) >= 11 is 0. The monoisotopic (exact) mass is 351 g/mol. The Morgan fingerprint density at radius 2 is 2.04 bits per heavy atom. The molecular formula is C20H25N5O. The number of aryl methyl sites for hydroxylation is 2. The highest BCUT2D eigenvalue weighted by Crippen LogP contribution is 2.36. The summed E-state index contributed by atoms with van der Waals surface area (Å²) in [6.45, 7) is 4.89. The number of carbonyl (C=O) groups excluding carboxylic acids is 1. The molecule has 1 N–H and O–H groups in total. The SMILES string of the molecule is Cc1ccc(C)c(N(C2CCCC2)N2CCC(=O)Nc3cncnc32)c1. The number of amides is 1. The van der Waals surface area contributed by atoms with Gasteiger partial charge in [-0.15, -0.1) is 0 Å². The van der Waals surface area contributed by atoms with Crippen LogP contribution in [0.25, 0.3) is 0 Å². The molecule has 0 bridgehead atoms. The van der Waals surface area contributed by atoms with Crippen molar-refractivity contribution in [1.29, 1.82) is 0 Å². The molecule has 4 rings (SSSR count). The van der Waals surface area contributed by atoms with E-state index in [1.165, 1.54) is 29.7 Å². The van der Waals surface area contributed by atoms with Crippen LogP contribution >= 0.6 is 0 Å². The third-order valence-corrected chi connectivity index (χ3v) is 5.30. The van der Waals surface area contributed by atoms with Gasteiger partial charge in [0.05, 0.1) is 24.5 Å². The summed E-state index contributed by atoms with van der Waals surface area (Å²) in [5, 5.41) is 7.52. The number of nitrogens with zero attached hydrogens (tertiary/aromatic N) is 4. The molecule has 1 amide bonds. The molecule has 1 saturated carbocycles. The molecule has 0 unspecified atom stereocenters. The minimum atomic E-state index is 0.0101. The average molecular weight is 351 g/mol. The highest BCUT2D eigenvalue weighted by molar-refractivity contribution is 5.95. The normalized spacial score (nSPS) is 17.6. The fourth-order valence-electron chi connectivity index (χ4n) is 3.99. The quantitative estimate of drug-likeness (QED) is 0.915. The molecule has 1 aromatic heterocycles. The fourth-order valence-corrected chi connectivity index (χ4v) is 3.99. The molecule has 2 aromatic rings. The predicted molar refractivity (Wildman–Crippen MR) is 103 cm³/mol. The van der Waals surface area contributed by atoms with Gasteiger partial charge in [0.2, 0.25) is 5.91 Å². The van der Waals surface area contributed by atoms with Crippen LogP contribution in [0.15, 0.2) is 30.7 Å².